The predicted molar refractivity (Wildman–Crippen MR) is 62.8 cm³/mol. The molecule has 0 aliphatic heterocycles. The molecule has 3 nitrogen and oxygen atoms in total. The van der Waals surface area contributed by atoms with E-state index in [1.54, 1.807) is 0 Å². The quantitative estimate of drug-likeness (QED) is 0.656. The van der Waals surface area contributed by atoms with Crippen LogP contribution in [0.25, 0.3) is 0 Å². The van der Waals surface area contributed by atoms with Gasteiger partial charge in [-0.1, -0.05) is 6.08 Å². The third kappa shape index (κ3) is 4.06. The second-order valence-corrected chi connectivity index (χ2v) is 3.81. The average molecular weight is 276 g/mol. The lowest BCUT2D eigenvalue weighted by atomic mass is 10.1. The zero-order valence-electron chi connectivity index (χ0n) is 9.80. The lowest BCUT2D eigenvalue weighted by Crippen LogP contribution is -2.35. The van der Waals surface area contributed by atoms with E-state index in [0.717, 1.165) is 0 Å². The number of benzene rings is 1. The summed E-state index contributed by atoms with van der Waals surface area (Å²) < 4.78 is 50.7. The third-order valence-corrected chi connectivity index (χ3v) is 2.31. The molecule has 1 atom stereocenters. The first-order chi connectivity index (χ1) is 8.75. The maximum Gasteiger partial charge on any atom is 0.416 e. The molecule has 0 aliphatic carbocycles. The Labute approximate surface area is 107 Å². The van der Waals surface area contributed by atoms with Crippen molar-refractivity contribution < 1.29 is 22.4 Å². The van der Waals surface area contributed by atoms with Crippen LogP contribution in [0, 0.1) is 5.82 Å². The summed E-state index contributed by atoms with van der Waals surface area (Å²) in [7, 11) is 0. The molecule has 1 aromatic rings. The molecule has 1 aromatic carbocycles. The summed E-state index contributed by atoms with van der Waals surface area (Å²) >= 11 is 0. The van der Waals surface area contributed by atoms with Crippen LogP contribution in [-0.4, -0.2) is 11.9 Å². The normalized spacial score (nSPS) is 12.9. The molecule has 7 heteroatoms. The number of hydrogen-bond donors (Lipinski definition) is 2. The highest BCUT2D eigenvalue weighted by atomic mass is 19.4. The van der Waals surface area contributed by atoms with Crippen molar-refractivity contribution in [1.29, 1.82) is 0 Å². The third-order valence-electron chi connectivity index (χ3n) is 2.31. The van der Waals surface area contributed by atoms with Gasteiger partial charge in [-0.15, -0.1) is 6.58 Å². The number of halogens is 4. The first-order valence-corrected chi connectivity index (χ1v) is 5.29. The second kappa shape index (κ2) is 5.83. The van der Waals surface area contributed by atoms with Crippen LogP contribution >= 0.6 is 0 Å². The minimum Gasteiger partial charge on any atom is -0.322 e. The SMILES string of the molecule is C=CCC(N)C(=O)Nc1cc(C(F)(F)F)ccc1F. The van der Waals surface area contributed by atoms with Crippen LogP contribution in [0.1, 0.15) is 12.0 Å². The molecule has 0 bridgehead atoms. The van der Waals surface area contributed by atoms with E-state index >= 15 is 0 Å². The van der Waals surface area contributed by atoms with Crippen molar-refractivity contribution in [3.63, 3.8) is 0 Å². The number of hydrogen-bond acceptors (Lipinski definition) is 2. The first-order valence-electron chi connectivity index (χ1n) is 5.29. The van der Waals surface area contributed by atoms with Gasteiger partial charge >= 0.3 is 6.18 Å². The molecule has 0 saturated carbocycles. The molecule has 0 aromatic heterocycles. The summed E-state index contributed by atoms with van der Waals surface area (Å²) in [5.74, 6) is -1.75. The smallest absolute Gasteiger partial charge is 0.322 e. The highest BCUT2D eigenvalue weighted by Gasteiger charge is 2.31. The Morgan fingerprint density at radius 2 is 2.11 bits per heavy atom. The lowest BCUT2D eigenvalue weighted by molar-refractivity contribution is -0.137. The van der Waals surface area contributed by atoms with Crippen LogP contribution in [0.2, 0.25) is 0 Å². The molecule has 0 heterocycles. The molecule has 0 spiro atoms. The average Bonchev–Trinajstić information content (AvgIpc) is 2.30. The van der Waals surface area contributed by atoms with Crippen LogP contribution in [0.3, 0.4) is 0 Å². The van der Waals surface area contributed by atoms with Crippen molar-refractivity contribution in [1.82, 2.24) is 0 Å². The monoisotopic (exact) mass is 276 g/mol. The summed E-state index contributed by atoms with van der Waals surface area (Å²) in [5.41, 5.74) is 3.81. The van der Waals surface area contributed by atoms with E-state index in [1.807, 2.05) is 5.32 Å². The predicted octanol–water partition coefficient (Wildman–Crippen LogP) is 2.69. The summed E-state index contributed by atoms with van der Waals surface area (Å²) in [4.78, 5) is 11.5. The molecule has 1 amide bonds. The van der Waals surface area contributed by atoms with Crippen molar-refractivity contribution in [2.24, 2.45) is 5.73 Å². The molecule has 0 aliphatic rings. The number of rotatable bonds is 4. The van der Waals surface area contributed by atoms with E-state index in [1.165, 1.54) is 6.08 Å². The van der Waals surface area contributed by atoms with Crippen molar-refractivity contribution in [2.75, 3.05) is 5.32 Å². The van der Waals surface area contributed by atoms with Crippen molar-refractivity contribution in [3.05, 3.63) is 42.2 Å². The molecule has 3 N–H and O–H groups in total. The van der Waals surface area contributed by atoms with Crippen molar-refractivity contribution in [3.8, 4) is 0 Å². The van der Waals surface area contributed by atoms with E-state index in [4.69, 9.17) is 5.73 Å². The van der Waals surface area contributed by atoms with Gasteiger partial charge in [0.2, 0.25) is 5.91 Å². The van der Waals surface area contributed by atoms with Crippen LogP contribution in [0.4, 0.5) is 23.2 Å². The fourth-order valence-electron chi connectivity index (χ4n) is 1.31. The number of amides is 1. The molecule has 104 valence electrons. The molecule has 0 radical (unpaired) electrons. The van der Waals surface area contributed by atoms with Gasteiger partial charge in [0, 0.05) is 0 Å². The van der Waals surface area contributed by atoms with Gasteiger partial charge in [0.05, 0.1) is 17.3 Å². The molecule has 0 saturated heterocycles. The molecular weight excluding hydrogens is 264 g/mol. The van der Waals surface area contributed by atoms with E-state index in [9.17, 15) is 22.4 Å². The van der Waals surface area contributed by atoms with Crippen molar-refractivity contribution >= 4 is 11.6 Å². The number of carbonyl (C=O) groups excluding carboxylic acids is 1. The Morgan fingerprint density at radius 1 is 1.47 bits per heavy atom. The zero-order chi connectivity index (χ0) is 14.6. The molecule has 1 rings (SSSR count). The van der Waals surface area contributed by atoms with Crippen molar-refractivity contribution in [2.45, 2.75) is 18.6 Å². The Hall–Kier alpha value is -1.89. The fourth-order valence-corrected chi connectivity index (χ4v) is 1.31. The Morgan fingerprint density at radius 3 is 2.63 bits per heavy atom. The van der Waals surface area contributed by atoms with Gasteiger partial charge < -0.3 is 11.1 Å². The summed E-state index contributed by atoms with van der Waals surface area (Å²) in [6.45, 7) is 3.37. The summed E-state index contributed by atoms with van der Waals surface area (Å²) in [6, 6.07) is 0.756. The van der Waals surface area contributed by atoms with Gasteiger partial charge in [0.1, 0.15) is 5.82 Å². The summed E-state index contributed by atoms with van der Waals surface area (Å²) in [5, 5.41) is 2.02. The second-order valence-electron chi connectivity index (χ2n) is 3.81. The zero-order valence-corrected chi connectivity index (χ0v) is 9.80. The van der Waals surface area contributed by atoms with Gasteiger partial charge in [-0.05, 0) is 24.6 Å². The van der Waals surface area contributed by atoms with Gasteiger partial charge in [-0.2, -0.15) is 13.2 Å². The van der Waals surface area contributed by atoms with E-state index in [2.05, 4.69) is 6.58 Å². The van der Waals surface area contributed by atoms with Crippen LogP contribution in [0.5, 0.6) is 0 Å². The van der Waals surface area contributed by atoms with Gasteiger partial charge in [-0.3, -0.25) is 4.79 Å². The Bertz CT molecular complexity index is 485. The maximum atomic E-state index is 13.3. The standard InChI is InChI=1S/C12H12F4N2O/c1-2-3-9(17)11(19)18-10-6-7(12(14,15)16)4-5-8(10)13/h2,4-6,9H,1,3,17H2,(H,18,19). The number of carbonyl (C=O) groups is 1. The van der Waals surface area contributed by atoms with E-state index in [-0.39, 0.29) is 6.42 Å². The number of anilines is 1. The Balaban J connectivity index is 2.95. The largest absolute Gasteiger partial charge is 0.416 e. The highest BCUT2D eigenvalue weighted by molar-refractivity contribution is 5.94. The van der Waals surface area contributed by atoms with Gasteiger partial charge in [-0.25, -0.2) is 4.39 Å². The maximum absolute atomic E-state index is 13.3. The van der Waals surface area contributed by atoms with Crippen LogP contribution in [-0.2, 0) is 11.0 Å². The Kier molecular flexibility index (Phi) is 4.66. The number of nitrogens with two attached hydrogens (primary N) is 1. The lowest BCUT2D eigenvalue weighted by Gasteiger charge is -2.13. The van der Waals surface area contributed by atoms with Gasteiger partial charge in [0.25, 0.3) is 0 Å². The number of alkyl halides is 3. The fraction of sp³-hybridized carbons (Fsp3) is 0.250. The van der Waals surface area contributed by atoms with Crippen LogP contribution in [0.15, 0.2) is 30.9 Å². The van der Waals surface area contributed by atoms with E-state index < -0.39 is 35.2 Å². The molecule has 0 fully saturated rings. The molecule has 1 unspecified atom stereocenters. The molecule has 19 heavy (non-hydrogen) atoms. The minimum absolute atomic E-state index is 0.131. The van der Waals surface area contributed by atoms with Crippen LogP contribution < -0.4 is 11.1 Å². The summed E-state index contributed by atoms with van der Waals surface area (Å²) in [6.07, 6.45) is -3.10. The highest BCUT2D eigenvalue weighted by Crippen LogP contribution is 2.31. The van der Waals surface area contributed by atoms with E-state index in [0.29, 0.717) is 18.2 Å². The van der Waals surface area contributed by atoms with Gasteiger partial charge in [0.15, 0.2) is 0 Å². The number of nitrogens with one attached hydrogen (secondary N) is 1. The topological polar surface area (TPSA) is 55.1 Å². The first kappa shape index (κ1) is 15.2. The molecular formula is C12H12F4N2O. The minimum atomic E-state index is -4.61.